The number of nitrogens with one attached hydrogen (secondary N) is 1. The number of carbonyl (C=O) groups excluding carboxylic acids is 1. The molecule has 0 bridgehead atoms. The van der Waals surface area contributed by atoms with Crippen molar-refractivity contribution in [3.63, 3.8) is 0 Å². The van der Waals surface area contributed by atoms with Crippen molar-refractivity contribution in [3.8, 4) is 0 Å². The summed E-state index contributed by atoms with van der Waals surface area (Å²) in [4.78, 5) is 10.2. The molecule has 0 aliphatic carbocycles. The Bertz CT molecular complexity index is 488. The Morgan fingerprint density at radius 1 is 1.04 bits per heavy atom. The first kappa shape index (κ1) is 28.3. The Balaban J connectivity index is -0.00000288. The summed E-state index contributed by atoms with van der Waals surface area (Å²) in [5.41, 5.74) is 0. The Morgan fingerprint density at radius 3 is 1.92 bits per heavy atom. The molecule has 0 heterocycles. The van der Waals surface area contributed by atoms with E-state index in [1.807, 2.05) is 0 Å². The third kappa shape index (κ3) is 11.8. The maximum absolute atomic E-state index is 12.3. The van der Waals surface area contributed by atoms with Gasteiger partial charge in [-0.15, -0.1) is 0 Å². The van der Waals surface area contributed by atoms with E-state index < -0.39 is 20.9 Å². The van der Waals surface area contributed by atoms with Crippen LogP contribution in [0.15, 0.2) is 12.7 Å². The third-order valence-corrected chi connectivity index (χ3v) is 6.36. The van der Waals surface area contributed by atoms with Crippen LogP contribution in [0.3, 0.4) is 0 Å². The van der Waals surface area contributed by atoms with E-state index in [-0.39, 0.29) is 37.6 Å². The van der Waals surface area contributed by atoms with Gasteiger partial charge >= 0.3 is 29.6 Å². The molecule has 1 amide bonds. The number of rotatable bonds is 16. The van der Waals surface area contributed by atoms with Gasteiger partial charge < -0.3 is 6.74 Å². The molecule has 0 aromatic carbocycles. The molecule has 1 unspecified atom stereocenters. The van der Waals surface area contributed by atoms with Gasteiger partial charge in [-0.2, -0.15) is 8.42 Å². The molecule has 0 spiro atoms. The van der Waals surface area contributed by atoms with E-state index in [1.54, 1.807) is 6.92 Å². The van der Waals surface area contributed by atoms with Crippen molar-refractivity contribution >= 4 is 16.0 Å². The molecule has 150 valence electrons. The maximum Gasteiger partial charge on any atom is 1.00 e. The van der Waals surface area contributed by atoms with Gasteiger partial charge in [0.1, 0.15) is 0 Å². The second kappa shape index (κ2) is 16.1. The van der Waals surface area contributed by atoms with E-state index in [0.717, 1.165) is 25.3 Å². The number of carbonyl (C=O) groups is 1. The zero-order valence-corrected chi connectivity index (χ0v) is 20.1. The molecule has 0 aliphatic heterocycles. The monoisotopic (exact) mass is 399 g/mol. The average Bonchev–Trinajstić information content (AvgIpc) is 2.56. The van der Waals surface area contributed by atoms with E-state index in [0.29, 0.717) is 6.42 Å². The molecule has 0 radical (unpaired) electrons. The quantitative estimate of drug-likeness (QED) is 0.186. The molecular formula is C19H38NNaO4S. The van der Waals surface area contributed by atoms with Crippen molar-refractivity contribution in [3.05, 3.63) is 12.7 Å². The minimum Gasteiger partial charge on any atom is -1.00 e. The number of hydrogen-bond donors (Lipinski definition) is 1. The van der Waals surface area contributed by atoms with Crippen molar-refractivity contribution in [1.29, 1.82) is 0 Å². The number of hydrogen-bond acceptors (Lipinski definition) is 4. The summed E-state index contributed by atoms with van der Waals surface area (Å²) < 4.78 is 29.6. The number of amides is 1. The summed E-state index contributed by atoms with van der Waals surface area (Å²) in [5, 5.41) is 2.53. The van der Waals surface area contributed by atoms with Gasteiger partial charge in [0, 0.05) is 0 Å². The molecule has 0 aliphatic rings. The van der Waals surface area contributed by atoms with Crippen molar-refractivity contribution < 1.29 is 48.4 Å². The van der Waals surface area contributed by atoms with Crippen molar-refractivity contribution in [2.75, 3.05) is 6.61 Å². The average molecular weight is 400 g/mol. The molecule has 1 N–H and O–H groups in total. The van der Waals surface area contributed by atoms with E-state index in [1.165, 1.54) is 51.9 Å². The first-order valence-corrected chi connectivity index (χ1v) is 11.1. The zero-order chi connectivity index (χ0) is 19.2. The van der Waals surface area contributed by atoms with Crippen LogP contribution < -0.4 is 34.9 Å². The molecule has 0 saturated heterocycles. The van der Waals surface area contributed by atoms with Gasteiger partial charge in [-0.1, -0.05) is 71.3 Å². The van der Waals surface area contributed by atoms with Crippen LogP contribution in [0.25, 0.3) is 0 Å². The summed E-state index contributed by atoms with van der Waals surface area (Å²) in [7, 11) is -3.87. The molecule has 5 nitrogen and oxygen atoms in total. The Morgan fingerprint density at radius 2 is 1.50 bits per heavy atom. The molecule has 7 heteroatoms. The van der Waals surface area contributed by atoms with Gasteiger partial charge in [-0.3, -0.25) is 8.98 Å². The Hall–Kier alpha value is 0.120. The van der Waals surface area contributed by atoms with Crippen LogP contribution in [0, 0.1) is 0 Å². The van der Waals surface area contributed by atoms with Gasteiger partial charge in [0.15, 0.2) is 4.87 Å². The number of unbranched alkanes of at least 4 members (excludes halogenated alkanes) is 9. The van der Waals surface area contributed by atoms with E-state index in [2.05, 4.69) is 18.8 Å². The molecule has 0 aromatic rings. The predicted octanol–water partition coefficient (Wildman–Crippen LogP) is 1.80. The fourth-order valence-electron chi connectivity index (χ4n) is 2.80. The molecule has 0 fully saturated rings. The molecule has 0 aromatic heterocycles. The van der Waals surface area contributed by atoms with Gasteiger partial charge in [0.05, 0.1) is 6.61 Å². The summed E-state index contributed by atoms with van der Waals surface area (Å²) >= 11 is 0. The normalized spacial score (nSPS) is 13.5. The first-order chi connectivity index (χ1) is 11.8. The Labute approximate surface area is 184 Å². The smallest absolute Gasteiger partial charge is 1.00 e. The second-order valence-electron chi connectivity index (χ2n) is 6.72. The van der Waals surface area contributed by atoms with E-state index in [4.69, 9.17) is 4.18 Å². The van der Waals surface area contributed by atoms with Crippen LogP contribution in [0.5, 0.6) is 0 Å². The Kier molecular flexibility index (Phi) is 17.6. The second-order valence-corrected chi connectivity index (χ2v) is 8.76. The van der Waals surface area contributed by atoms with Crippen LogP contribution in [0.4, 0.5) is 0 Å². The van der Waals surface area contributed by atoms with E-state index in [9.17, 15) is 13.2 Å². The van der Waals surface area contributed by atoms with Crippen LogP contribution in [-0.2, 0) is 19.1 Å². The summed E-state index contributed by atoms with van der Waals surface area (Å²) in [5.74, 6) is -0.502. The molecule has 0 rings (SSSR count). The third-order valence-electron chi connectivity index (χ3n) is 4.41. The van der Waals surface area contributed by atoms with E-state index >= 15 is 0 Å². The fraction of sp³-hybridized carbons (Fsp3) is 0.842. The SMILES string of the molecule is C=CC(=O)NC(C)(CCCCCCCCCCCC)S(=O)(=O)OCC.[H-].[Na+]. The minimum atomic E-state index is -3.87. The van der Waals surface area contributed by atoms with Gasteiger partial charge in [0.2, 0.25) is 5.91 Å². The van der Waals surface area contributed by atoms with Crippen LogP contribution in [0.1, 0.15) is 92.8 Å². The molecular weight excluding hydrogens is 361 g/mol. The fourth-order valence-corrected chi connectivity index (χ4v) is 3.99. The standard InChI is InChI=1S/C19H37NO4S.Na.H/c1-5-8-9-10-11-12-13-14-15-16-17-19(4,20-18(21)6-2)25(22,23)24-7-3;;/h6H,2,5,7-17H2,1,3-4H3,(H,20,21);;/q;+1;-1. The molecule has 0 saturated carbocycles. The minimum absolute atomic E-state index is 0. The molecule has 1 atom stereocenters. The summed E-state index contributed by atoms with van der Waals surface area (Å²) in [6.07, 6.45) is 13.1. The van der Waals surface area contributed by atoms with Gasteiger partial charge in [0.25, 0.3) is 10.1 Å². The molecule has 26 heavy (non-hydrogen) atoms. The predicted molar refractivity (Wildman–Crippen MR) is 105 cm³/mol. The zero-order valence-electron chi connectivity index (χ0n) is 18.3. The topological polar surface area (TPSA) is 72.5 Å². The van der Waals surface area contributed by atoms with Crippen molar-refractivity contribution in [2.24, 2.45) is 0 Å². The van der Waals surface area contributed by atoms with Crippen molar-refractivity contribution in [1.82, 2.24) is 5.32 Å². The van der Waals surface area contributed by atoms with Gasteiger partial charge in [-0.25, -0.2) is 0 Å². The van der Waals surface area contributed by atoms with Crippen LogP contribution >= 0.6 is 0 Å². The van der Waals surface area contributed by atoms with Gasteiger partial charge in [-0.05, 0) is 32.8 Å². The van der Waals surface area contributed by atoms with Crippen LogP contribution in [-0.4, -0.2) is 25.8 Å². The largest absolute Gasteiger partial charge is 1.00 e. The maximum atomic E-state index is 12.3. The first-order valence-electron chi connectivity index (χ1n) is 9.66. The van der Waals surface area contributed by atoms with Crippen molar-refractivity contribution in [2.45, 2.75) is 96.3 Å². The van der Waals surface area contributed by atoms with Crippen LogP contribution in [0.2, 0.25) is 0 Å². The summed E-state index contributed by atoms with van der Waals surface area (Å²) in [6.45, 7) is 8.78. The summed E-state index contributed by atoms with van der Waals surface area (Å²) in [6, 6.07) is 0.